The molecule has 2 aromatic rings. The molecule has 0 fully saturated rings. The fourth-order valence-corrected chi connectivity index (χ4v) is 1.82. The Morgan fingerprint density at radius 1 is 1.30 bits per heavy atom. The number of benzene rings is 1. The molecule has 0 aliphatic carbocycles. The van der Waals surface area contributed by atoms with E-state index in [4.69, 9.17) is 0 Å². The van der Waals surface area contributed by atoms with Crippen LogP contribution in [-0.4, -0.2) is 47.1 Å². The zero-order valence-electron chi connectivity index (χ0n) is 12.1. The molecule has 2 N–H and O–H groups in total. The largest absolute Gasteiger partial charge is 0.352 e. The highest BCUT2D eigenvalue weighted by Crippen LogP contribution is 2.21. The van der Waals surface area contributed by atoms with Crippen LogP contribution in [0.1, 0.15) is 29.1 Å². The van der Waals surface area contributed by atoms with E-state index in [2.05, 4.69) is 44.5 Å². The normalized spacial score (nSPS) is 12.4. The van der Waals surface area contributed by atoms with Crippen molar-refractivity contribution in [3.05, 3.63) is 35.7 Å². The summed E-state index contributed by atoms with van der Waals surface area (Å²) in [5.74, 6) is 0.461. The van der Waals surface area contributed by atoms with Gasteiger partial charge in [-0.25, -0.2) is 4.98 Å². The molecule has 1 atom stereocenters. The number of amides is 1. The third-order valence-corrected chi connectivity index (χ3v) is 3.35. The molecule has 2 rings (SSSR count). The predicted octanol–water partition coefficient (Wildman–Crippen LogP) is 1.45. The Morgan fingerprint density at radius 3 is 2.50 bits per heavy atom. The van der Waals surface area contributed by atoms with E-state index in [0.29, 0.717) is 11.9 Å². The second kappa shape index (κ2) is 5.83. The van der Waals surface area contributed by atoms with E-state index in [0.717, 1.165) is 5.56 Å². The number of nitrogens with one attached hydrogen (secondary N) is 2. The van der Waals surface area contributed by atoms with Crippen molar-refractivity contribution in [3.63, 3.8) is 0 Å². The van der Waals surface area contributed by atoms with Gasteiger partial charge in [0.05, 0.1) is 0 Å². The topological polar surface area (TPSA) is 73.9 Å². The van der Waals surface area contributed by atoms with Gasteiger partial charge in [-0.1, -0.05) is 24.3 Å². The van der Waals surface area contributed by atoms with Crippen LogP contribution in [0.2, 0.25) is 0 Å². The van der Waals surface area contributed by atoms with Gasteiger partial charge in [0, 0.05) is 18.7 Å². The number of carbonyl (C=O) groups is 1. The van der Waals surface area contributed by atoms with Crippen molar-refractivity contribution in [1.29, 1.82) is 0 Å². The van der Waals surface area contributed by atoms with Gasteiger partial charge in [-0.05, 0) is 26.6 Å². The summed E-state index contributed by atoms with van der Waals surface area (Å²) in [6.45, 7) is 2.14. The summed E-state index contributed by atoms with van der Waals surface area (Å²) in [7, 11) is 5.65. The van der Waals surface area contributed by atoms with Crippen LogP contribution in [0.3, 0.4) is 0 Å². The minimum atomic E-state index is -0.276. The minimum Gasteiger partial charge on any atom is -0.352 e. The number of hydrogen-bond acceptors (Lipinski definition) is 4. The molecule has 20 heavy (non-hydrogen) atoms. The maximum atomic E-state index is 11.4. The van der Waals surface area contributed by atoms with Crippen LogP contribution in [-0.2, 0) is 0 Å². The highest BCUT2D eigenvalue weighted by molar-refractivity contribution is 5.90. The lowest BCUT2D eigenvalue weighted by molar-refractivity contribution is 0.0953. The zero-order valence-corrected chi connectivity index (χ0v) is 12.1. The van der Waals surface area contributed by atoms with Gasteiger partial charge in [-0.15, -0.1) is 0 Å². The molecular weight excluding hydrogens is 254 g/mol. The summed E-state index contributed by atoms with van der Waals surface area (Å²) in [5, 5.41) is 9.19. The number of hydrogen-bond donors (Lipinski definition) is 2. The van der Waals surface area contributed by atoms with Crippen LogP contribution in [0.4, 0.5) is 0 Å². The van der Waals surface area contributed by atoms with Gasteiger partial charge >= 0.3 is 0 Å². The Bertz CT molecular complexity index is 588. The van der Waals surface area contributed by atoms with Crippen LogP contribution in [0, 0.1) is 0 Å². The molecule has 1 aromatic heterocycles. The Balaban J connectivity index is 2.22. The highest BCUT2D eigenvalue weighted by atomic mass is 16.2. The van der Waals surface area contributed by atoms with Crippen molar-refractivity contribution in [1.82, 2.24) is 25.4 Å². The summed E-state index contributed by atoms with van der Waals surface area (Å²) >= 11 is 0. The van der Waals surface area contributed by atoms with Crippen LogP contribution >= 0.6 is 0 Å². The number of aromatic nitrogens is 3. The van der Waals surface area contributed by atoms with E-state index in [1.807, 2.05) is 26.2 Å². The first-order valence-corrected chi connectivity index (χ1v) is 6.44. The maximum absolute atomic E-state index is 11.4. The first kappa shape index (κ1) is 14.2. The lowest BCUT2D eigenvalue weighted by atomic mass is 10.1. The molecule has 106 valence electrons. The van der Waals surface area contributed by atoms with E-state index >= 15 is 0 Å². The summed E-state index contributed by atoms with van der Waals surface area (Å²) in [6, 6.07) is 8.38. The summed E-state index contributed by atoms with van der Waals surface area (Å²) in [5.41, 5.74) is 2.10. The van der Waals surface area contributed by atoms with E-state index in [1.54, 1.807) is 7.05 Å². The standard InChI is InChI=1S/C14H19N5O/c1-9(19(3)4)10-5-7-11(8-6-10)12-16-13(18-17-12)14(20)15-2/h5-9H,1-4H3,(H,15,20)(H,16,17,18). The lowest BCUT2D eigenvalue weighted by Gasteiger charge is -2.20. The van der Waals surface area contributed by atoms with Gasteiger partial charge < -0.3 is 10.2 Å². The van der Waals surface area contributed by atoms with E-state index in [-0.39, 0.29) is 11.7 Å². The van der Waals surface area contributed by atoms with Crippen molar-refractivity contribution in [2.75, 3.05) is 21.1 Å². The first-order valence-electron chi connectivity index (χ1n) is 6.44. The third-order valence-electron chi connectivity index (χ3n) is 3.35. The van der Waals surface area contributed by atoms with Crippen molar-refractivity contribution < 1.29 is 4.79 Å². The number of H-pyrrole nitrogens is 1. The molecule has 0 aliphatic rings. The van der Waals surface area contributed by atoms with Gasteiger partial charge in [-0.3, -0.25) is 9.89 Å². The molecule has 1 unspecified atom stereocenters. The second-order valence-electron chi connectivity index (χ2n) is 4.85. The smallest absolute Gasteiger partial charge is 0.288 e. The van der Waals surface area contributed by atoms with Crippen LogP contribution < -0.4 is 5.32 Å². The van der Waals surface area contributed by atoms with Crippen LogP contribution in [0.5, 0.6) is 0 Å². The second-order valence-corrected chi connectivity index (χ2v) is 4.85. The average molecular weight is 273 g/mol. The molecular formula is C14H19N5O. The average Bonchev–Trinajstić information content (AvgIpc) is 2.95. The predicted molar refractivity (Wildman–Crippen MR) is 77.3 cm³/mol. The van der Waals surface area contributed by atoms with Crippen molar-refractivity contribution in [2.45, 2.75) is 13.0 Å². The Kier molecular flexibility index (Phi) is 4.14. The van der Waals surface area contributed by atoms with Crippen molar-refractivity contribution >= 4 is 5.91 Å². The molecule has 1 amide bonds. The zero-order chi connectivity index (χ0) is 14.7. The molecule has 0 radical (unpaired) electrons. The number of carbonyl (C=O) groups excluding carboxylic acids is 1. The van der Waals surface area contributed by atoms with E-state index in [9.17, 15) is 4.79 Å². The summed E-state index contributed by atoms with van der Waals surface area (Å²) in [6.07, 6.45) is 0. The Labute approximate surface area is 118 Å². The van der Waals surface area contributed by atoms with Gasteiger partial charge in [0.15, 0.2) is 5.82 Å². The van der Waals surface area contributed by atoms with Gasteiger partial charge in [0.2, 0.25) is 5.82 Å². The van der Waals surface area contributed by atoms with Crippen molar-refractivity contribution in [2.24, 2.45) is 0 Å². The number of aromatic amines is 1. The molecule has 0 saturated heterocycles. The number of nitrogens with zero attached hydrogens (tertiary/aromatic N) is 3. The summed E-state index contributed by atoms with van der Waals surface area (Å²) in [4.78, 5) is 17.7. The fourth-order valence-electron chi connectivity index (χ4n) is 1.82. The SMILES string of the molecule is CNC(=O)c1nc(-c2ccc(C(C)N(C)C)cc2)n[nH]1. The molecule has 0 saturated carbocycles. The minimum absolute atomic E-state index is 0.216. The van der Waals surface area contributed by atoms with E-state index in [1.165, 1.54) is 5.56 Å². The monoisotopic (exact) mass is 273 g/mol. The number of rotatable bonds is 4. The van der Waals surface area contributed by atoms with Gasteiger partial charge in [-0.2, -0.15) is 5.10 Å². The summed E-state index contributed by atoms with van der Waals surface area (Å²) < 4.78 is 0. The molecule has 6 nitrogen and oxygen atoms in total. The fraction of sp³-hybridized carbons (Fsp3) is 0.357. The molecule has 0 aliphatic heterocycles. The maximum Gasteiger partial charge on any atom is 0.288 e. The lowest BCUT2D eigenvalue weighted by Crippen LogP contribution is -2.19. The molecule has 1 aromatic carbocycles. The molecule has 6 heteroatoms. The quantitative estimate of drug-likeness (QED) is 0.884. The van der Waals surface area contributed by atoms with Crippen LogP contribution in [0.15, 0.2) is 24.3 Å². The molecule has 1 heterocycles. The first-order chi connectivity index (χ1) is 9.52. The highest BCUT2D eigenvalue weighted by Gasteiger charge is 2.12. The Hall–Kier alpha value is -2.21. The Morgan fingerprint density at radius 2 is 1.95 bits per heavy atom. The van der Waals surface area contributed by atoms with Crippen molar-refractivity contribution in [3.8, 4) is 11.4 Å². The third kappa shape index (κ3) is 2.85. The van der Waals surface area contributed by atoms with E-state index < -0.39 is 0 Å². The molecule has 0 bridgehead atoms. The molecule has 0 spiro atoms. The van der Waals surface area contributed by atoms with Crippen LogP contribution in [0.25, 0.3) is 11.4 Å². The van der Waals surface area contributed by atoms with Gasteiger partial charge in [0.1, 0.15) is 0 Å². The van der Waals surface area contributed by atoms with Gasteiger partial charge in [0.25, 0.3) is 5.91 Å².